The van der Waals surface area contributed by atoms with Crippen LogP contribution >= 0.6 is 0 Å². The molecule has 2 heterocycles. The second-order valence-electron chi connectivity index (χ2n) is 5.47. The first-order chi connectivity index (χ1) is 10.3. The van der Waals surface area contributed by atoms with Crippen LogP contribution in [0.15, 0.2) is 30.5 Å². The van der Waals surface area contributed by atoms with E-state index in [-0.39, 0.29) is 6.61 Å². The van der Waals surface area contributed by atoms with E-state index < -0.39 is 0 Å². The zero-order chi connectivity index (χ0) is 14.7. The Morgan fingerprint density at radius 1 is 1.14 bits per heavy atom. The van der Waals surface area contributed by atoms with Gasteiger partial charge in [0.1, 0.15) is 0 Å². The lowest BCUT2D eigenvalue weighted by Crippen LogP contribution is -2.32. The van der Waals surface area contributed by atoms with Crippen LogP contribution in [0.5, 0.6) is 0 Å². The van der Waals surface area contributed by atoms with Gasteiger partial charge in [-0.15, -0.1) is 0 Å². The van der Waals surface area contributed by atoms with Crippen LogP contribution in [0.25, 0.3) is 10.9 Å². The molecule has 0 spiro atoms. The molecule has 5 nitrogen and oxygen atoms in total. The first-order valence-corrected chi connectivity index (χ1v) is 7.51. The van der Waals surface area contributed by atoms with E-state index in [1.165, 1.54) is 0 Å². The van der Waals surface area contributed by atoms with Crippen LogP contribution in [0.4, 0.5) is 11.4 Å². The Morgan fingerprint density at radius 3 is 2.90 bits per heavy atom. The maximum atomic E-state index is 9.07. The van der Waals surface area contributed by atoms with Gasteiger partial charge >= 0.3 is 0 Å². The number of aliphatic hydroxyl groups excluding tert-OH is 1. The largest absolute Gasteiger partial charge is 0.396 e. The van der Waals surface area contributed by atoms with E-state index in [2.05, 4.69) is 20.9 Å². The van der Waals surface area contributed by atoms with E-state index in [4.69, 9.17) is 10.8 Å². The molecule has 2 aromatic rings. The number of fused-ring (bicyclic) bond motifs is 1. The van der Waals surface area contributed by atoms with Gasteiger partial charge in [-0.25, -0.2) is 0 Å². The monoisotopic (exact) mass is 286 g/mol. The molecule has 112 valence electrons. The quantitative estimate of drug-likeness (QED) is 0.833. The molecule has 0 radical (unpaired) electrons. The molecule has 3 N–H and O–H groups in total. The minimum atomic E-state index is 0.226. The fourth-order valence-electron chi connectivity index (χ4n) is 3.02. The molecular formula is C16H22N4O. The van der Waals surface area contributed by atoms with Gasteiger partial charge in [0.05, 0.1) is 23.5 Å². The van der Waals surface area contributed by atoms with Gasteiger partial charge in [-0.3, -0.25) is 9.88 Å². The van der Waals surface area contributed by atoms with Gasteiger partial charge in [-0.1, -0.05) is 0 Å². The minimum absolute atomic E-state index is 0.226. The second-order valence-corrected chi connectivity index (χ2v) is 5.47. The van der Waals surface area contributed by atoms with Crippen molar-refractivity contribution in [3.63, 3.8) is 0 Å². The van der Waals surface area contributed by atoms with Gasteiger partial charge in [-0.2, -0.15) is 0 Å². The average molecular weight is 286 g/mol. The van der Waals surface area contributed by atoms with Gasteiger partial charge < -0.3 is 15.7 Å². The molecule has 1 aliphatic heterocycles. The molecule has 0 aliphatic carbocycles. The summed E-state index contributed by atoms with van der Waals surface area (Å²) < 4.78 is 0. The van der Waals surface area contributed by atoms with Crippen molar-refractivity contribution < 1.29 is 5.11 Å². The Hall–Kier alpha value is -1.85. The molecule has 3 rings (SSSR count). The van der Waals surface area contributed by atoms with Crippen molar-refractivity contribution in [2.75, 3.05) is 50.0 Å². The molecule has 0 saturated carbocycles. The maximum absolute atomic E-state index is 9.07. The molecule has 0 atom stereocenters. The standard InChI is InChI=1S/C16H22N4O/c17-16-13-3-1-6-18-14(13)4-5-15(16)20-8-2-7-19(9-10-20)11-12-21/h1,3-6,21H,2,7-12,17H2. The fraction of sp³-hybridized carbons (Fsp3) is 0.438. The molecule has 0 unspecified atom stereocenters. The number of nitrogen functional groups attached to an aromatic ring is 1. The predicted octanol–water partition coefficient (Wildman–Crippen LogP) is 1.32. The van der Waals surface area contributed by atoms with Crippen LogP contribution in [-0.4, -0.2) is 54.3 Å². The van der Waals surface area contributed by atoms with Crippen LogP contribution in [0.3, 0.4) is 0 Å². The van der Waals surface area contributed by atoms with Crippen LogP contribution in [0.1, 0.15) is 6.42 Å². The molecule has 1 fully saturated rings. The van der Waals surface area contributed by atoms with E-state index in [1.54, 1.807) is 6.20 Å². The highest BCUT2D eigenvalue weighted by Gasteiger charge is 2.17. The topological polar surface area (TPSA) is 65.6 Å². The average Bonchev–Trinajstić information content (AvgIpc) is 2.74. The Kier molecular flexibility index (Phi) is 4.22. The van der Waals surface area contributed by atoms with Crippen molar-refractivity contribution >= 4 is 22.3 Å². The van der Waals surface area contributed by atoms with Gasteiger partial charge in [0, 0.05) is 37.8 Å². The number of nitrogens with two attached hydrogens (primary N) is 1. The molecule has 21 heavy (non-hydrogen) atoms. The van der Waals surface area contributed by atoms with Gasteiger partial charge in [0.15, 0.2) is 0 Å². The number of aliphatic hydroxyl groups is 1. The van der Waals surface area contributed by atoms with Crippen molar-refractivity contribution in [1.29, 1.82) is 0 Å². The van der Waals surface area contributed by atoms with Crippen molar-refractivity contribution in [2.45, 2.75) is 6.42 Å². The summed E-state index contributed by atoms with van der Waals surface area (Å²) in [4.78, 5) is 9.00. The number of nitrogens with zero attached hydrogens (tertiary/aromatic N) is 3. The second kappa shape index (κ2) is 6.28. The molecule has 1 aliphatic rings. The number of hydrogen-bond donors (Lipinski definition) is 2. The summed E-state index contributed by atoms with van der Waals surface area (Å²) in [6.07, 6.45) is 2.88. The van der Waals surface area contributed by atoms with Crippen LogP contribution < -0.4 is 10.6 Å². The zero-order valence-electron chi connectivity index (χ0n) is 12.2. The van der Waals surface area contributed by atoms with E-state index in [0.717, 1.165) is 61.4 Å². The molecule has 1 aromatic carbocycles. The lowest BCUT2D eigenvalue weighted by molar-refractivity contribution is 0.204. The summed E-state index contributed by atoms with van der Waals surface area (Å²) in [5.41, 5.74) is 9.21. The Labute approximate surface area is 125 Å². The summed E-state index contributed by atoms with van der Waals surface area (Å²) >= 11 is 0. The maximum Gasteiger partial charge on any atom is 0.0724 e. The first-order valence-electron chi connectivity index (χ1n) is 7.51. The summed E-state index contributed by atoms with van der Waals surface area (Å²) in [6, 6.07) is 8.06. The summed E-state index contributed by atoms with van der Waals surface area (Å²) in [6.45, 7) is 4.92. The van der Waals surface area contributed by atoms with Crippen molar-refractivity contribution in [2.24, 2.45) is 0 Å². The van der Waals surface area contributed by atoms with Gasteiger partial charge in [-0.05, 0) is 37.2 Å². The highest BCUT2D eigenvalue weighted by atomic mass is 16.3. The Balaban J connectivity index is 1.85. The van der Waals surface area contributed by atoms with Crippen molar-refractivity contribution in [1.82, 2.24) is 9.88 Å². The van der Waals surface area contributed by atoms with Crippen LogP contribution in [0.2, 0.25) is 0 Å². The summed E-state index contributed by atoms with van der Waals surface area (Å²) in [5, 5.41) is 10.1. The van der Waals surface area contributed by atoms with Crippen molar-refractivity contribution in [3.05, 3.63) is 30.5 Å². The normalized spacial score (nSPS) is 17.1. The number of benzene rings is 1. The molecule has 1 aromatic heterocycles. The minimum Gasteiger partial charge on any atom is -0.396 e. The van der Waals surface area contributed by atoms with E-state index in [9.17, 15) is 0 Å². The third-order valence-corrected chi connectivity index (χ3v) is 4.15. The van der Waals surface area contributed by atoms with Crippen LogP contribution in [-0.2, 0) is 0 Å². The van der Waals surface area contributed by atoms with Crippen molar-refractivity contribution in [3.8, 4) is 0 Å². The highest BCUT2D eigenvalue weighted by molar-refractivity contribution is 5.97. The Morgan fingerprint density at radius 2 is 2.05 bits per heavy atom. The Bertz CT molecular complexity index is 616. The number of aromatic nitrogens is 1. The predicted molar refractivity (Wildman–Crippen MR) is 86.5 cm³/mol. The molecular weight excluding hydrogens is 264 g/mol. The smallest absolute Gasteiger partial charge is 0.0724 e. The molecule has 1 saturated heterocycles. The zero-order valence-corrected chi connectivity index (χ0v) is 12.2. The molecule has 5 heteroatoms. The molecule has 0 bridgehead atoms. The number of anilines is 2. The van der Waals surface area contributed by atoms with Gasteiger partial charge in [0.2, 0.25) is 0 Å². The number of rotatable bonds is 3. The third-order valence-electron chi connectivity index (χ3n) is 4.15. The fourth-order valence-corrected chi connectivity index (χ4v) is 3.02. The van der Waals surface area contributed by atoms with Crippen LogP contribution in [0, 0.1) is 0 Å². The number of pyridine rings is 1. The lowest BCUT2D eigenvalue weighted by Gasteiger charge is -2.25. The molecule has 0 amide bonds. The lowest BCUT2D eigenvalue weighted by atomic mass is 10.1. The number of hydrogen-bond acceptors (Lipinski definition) is 5. The van der Waals surface area contributed by atoms with E-state index in [1.807, 2.05) is 18.2 Å². The van der Waals surface area contributed by atoms with Gasteiger partial charge in [0.25, 0.3) is 0 Å². The summed E-state index contributed by atoms with van der Waals surface area (Å²) in [5.74, 6) is 0. The first kappa shape index (κ1) is 14.1. The van der Waals surface area contributed by atoms with E-state index >= 15 is 0 Å². The number of β-amino-alcohol motifs (C(OH)–C–C–N with tert-alkyl or cyclic N) is 1. The highest BCUT2D eigenvalue weighted by Crippen LogP contribution is 2.31. The summed E-state index contributed by atoms with van der Waals surface area (Å²) in [7, 11) is 0. The SMILES string of the molecule is Nc1c(N2CCCN(CCO)CC2)ccc2ncccc12. The van der Waals surface area contributed by atoms with E-state index in [0.29, 0.717) is 0 Å². The third kappa shape index (κ3) is 2.94.